The summed E-state index contributed by atoms with van der Waals surface area (Å²) in [6.45, 7) is 6.35. The number of likely N-dealkylation sites (tertiary alicyclic amines) is 1. The van der Waals surface area contributed by atoms with E-state index in [-0.39, 0.29) is 11.8 Å². The Balaban J connectivity index is 1.57. The van der Waals surface area contributed by atoms with E-state index in [1.165, 1.54) is 0 Å². The van der Waals surface area contributed by atoms with Crippen molar-refractivity contribution in [1.82, 2.24) is 15.1 Å². The standard InChI is InChI=1S/C21H31N3O2/c1-2-14-24(19-8-12-22-13-9-19)21(26)18-10-15-23(16-11-18)20(25)17-6-4-3-5-7-17/h3-7,18-19,22H,2,8-16H2,1H3. The highest BCUT2D eigenvalue weighted by Crippen LogP contribution is 2.24. The lowest BCUT2D eigenvalue weighted by Crippen LogP contribution is -2.50. The SMILES string of the molecule is CCCN(C(=O)C1CCN(C(=O)c2ccccc2)CC1)C1CCNCC1. The molecule has 1 N–H and O–H groups in total. The van der Waals surface area contributed by atoms with Gasteiger partial charge in [0.2, 0.25) is 5.91 Å². The van der Waals surface area contributed by atoms with E-state index in [0.717, 1.165) is 57.3 Å². The Bertz CT molecular complexity index is 591. The topological polar surface area (TPSA) is 52.7 Å². The molecule has 0 saturated carbocycles. The normalized spacial score (nSPS) is 19.3. The van der Waals surface area contributed by atoms with Crippen LogP contribution in [0.15, 0.2) is 30.3 Å². The molecule has 0 unspecified atom stereocenters. The number of amides is 2. The van der Waals surface area contributed by atoms with Crippen LogP contribution in [0.3, 0.4) is 0 Å². The van der Waals surface area contributed by atoms with Crippen molar-refractivity contribution in [2.75, 3.05) is 32.7 Å². The molecule has 0 radical (unpaired) electrons. The third-order valence-electron chi connectivity index (χ3n) is 5.65. The summed E-state index contributed by atoms with van der Waals surface area (Å²) in [5.41, 5.74) is 0.736. The minimum absolute atomic E-state index is 0.0660. The van der Waals surface area contributed by atoms with E-state index in [1.807, 2.05) is 35.2 Å². The van der Waals surface area contributed by atoms with Gasteiger partial charge in [-0.3, -0.25) is 9.59 Å². The number of rotatable bonds is 5. The molecule has 1 aromatic carbocycles. The van der Waals surface area contributed by atoms with Crippen molar-refractivity contribution in [2.24, 2.45) is 5.92 Å². The number of carbonyl (C=O) groups excluding carboxylic acids is 2. The second kappa shape index (κ2) is 9.17. The van der Waals surface area contributed by atoms with Crippen LogP contribution >= 0.6 is 0 Å². The molecule has 3 rings (SSSR count). The average Bonchev–Trinajstić information content (AvgIpc) is 2.72. The first-order chi connectivity index (χ1) is 12.7. The fourth-order valence-corrected chi connectivity index (χ4v) is 4.16. The second-order valence-corrected chi connectivity index (χ2v) is 7.45. The van der Waals surface area contributed by atoms with E-state index in [9.17, 15) is 9.59 Å². The van der Waals surface area contributed by atoms with Gasteiger partial charge in [-0.25, -0.2) is 0 Å². The maximum atomic E-state index is 13.1. The molecule has 26 heavy (non-hydrogen) atoms. The largest absolute Gasteiger partial charge is 0.339 e. The van der Waals surface area contributed by atoms with Crippen LogP contribution in [-0.4, -0.2) is 60.4 Å². The Morgan fingerprint density at radius 1 is 1.08 bits per heavy atom. The molecule has 1 aromatic rings. The first kappa shape index (κ1) is 18.9. The Kier molecular flexibility index (Phi) is 6.67. The zero-order valence-electron chi connectivity index (χ0n) is 15.8. The maximum Gasteiger partial charge on any atom is 0.253 e. The minimum atomic E-state index is 0.0660. The predicted octanol–water partition coefficient (Wildman–Crippen LogP) is 2.53. The van der Waals surface area contributed by atoms with Crippen LogP contribution in [0.5, 0.6) is 0 Å². The van der Waals surface area contributed by atoms with Gasteiger partial charge < -0.3 is 15.1 Å². The van der Waals surface area contributed by atoms with E-state index in [0.29, 0.717) is 25.0 Å². The van der Waals surface area contributed by atoms with Gasteiger partial charge >= 0.3 is 0 Å². The van der Waals surface area contributed by atoms with Gasteiger partial charge in [0, 0.05) is 37.2 Å². The summed E-state index contributed by atoms with van der Waals surface area (Å²) < 4.78 is 0. The number of carbonyl (C=O) groups is 2. The zero-order valence-corrected chi connectivity index (χ0v) is 15.8. The molecular weight excluding hydrogens is 326 g/mol. The van der Waals surface area contributed by atoms with Crippen molar-refractivity contribution in [3.05, 3.63) is 35.9 Å². The third-order valence-corrected chi connectivity index (χ3v) is 5.65. The molecule has 2 saturated heterocycles. The van der Waals surface area contributed by atoms with Gasteiger partial charge in [-0.1, -0.05) is 25.1 Å². The molecule has 2 heterocycles. The van der Waals surface area contributed by atoms with Crippen LogP contribution in [0.25, 0.3) is 0 Å². The summed E-state index contributed by atoms with van der Waals surface area (Å²) in [6, 6.07) is 9.81. The minimum Gasteiger partial charge on any atom is -0.339 e. The lowest BCUT2D eigenvalue weighted by atomic mass is 9.93. The zero-order chi connectivity index (χ0) is 18.4. The van der Waals surface area contributed by atoms with Crippen LogP contribution in [-0.2, 0) is 4.79 Å². The first-order valence-corrected chi connectivity index (χ1v) is 10.1. The summed E-state index contributed by atoms with van der Waals surface area (Å²) in [5, 5.41) is 3.38. The summed E-state index contributed by atoms with van der Waals surface area (Å²) in [5.74, 6) is 0.460. The van der Waals surface area contributed by atoms with Gasteiger partial charge in [-0.2, -0.15) is 0 Å². The van der Waals surface area contributed by atoms with E-state index in [1.54, 1.807) is 0 Å². The fraction of sp³-hybridized carbons (Fsp3) is 0.619. The van der Waals surface area contributed by atoms with Gasteiger partial charge in [0.1, 0.15) is 0 Å². The Hall–Kier alpha value is -1.88. The van der Waals surface area contributed by atoms with Crippen LogP contribution in [0.1, 0.15) is 49.4 Å². The molecule has 0 aromatic heterocycles. The van der Waals surface area contributed by atoms with E-state index in [4.69, 9.17) is 0 Å². The highest BCUT2D eigenvalue weighted by Gasteiger charge is 2.33. The predicted molar refractivity (Wildman–Crippen MR) is 103 cm³/mol. The lowest BCUT2D eigenvalue weighted by Gasteiger charge is -2.39. The van der Waals surface area contributed by atoms with E-state index in [2.05, 4.69) is 17.1 Å². The van der Waals surface area contributed by atoms with Gasteiger partial charge in [0.05, 0.1) is 0 Å². The molecule has 142 valence electrons. The van der Waals surface area contributed by atoms with E-state index >= 15 is 0 Å². The number of nitrogens with zero attached hydrogens (tertiary/aromatic N) is 2. The summed E-state index contributed by atoms with van der Waals surface area (Å²) in [4.78, 5) is 29.8. The molecule has 2 fully saturated rings. The van der Waals surface area contributed by atoms with Crippen molar-refractivity contribution in [3.8, 4) is 0 Å². The summed E-state index contributed by atoms with van der Waals surface area (Å²) >= 11 is 0. The van der Waals surface area contributed by atoms with Gasteiger partial charge in [-0.15, -0.1) is 0 Å². The van der Waals surface area contributed by atoms with Crippen molar-refractivity contribution in [1.29, 1.82) is 0 Å². The van der Waals surface area contributed by atoms with Crippen molar-refractivity contribution >= 4 is 11.8 Å². The summed E-state index contributed by atoms with van der Waals surface area (Å²) in [6.07, 6.45) is 4.67. The molecular formula is C21H31N3O2. The molecule has 0 bridgehead atoms. The van der Waals surface area contributed by atoms with Gasteiger partial charge in [0.15, 0.2) is 0 Å². The van der Waals surface area contributed by atoms with Crippen LogP contribution in [0.2, 0.25) is 0 Å². The number of piperidine rings is 2. The second-order valence-electron chi connectivity index (χ2n) is 7.45. The fourth-order valence-electron chi connectivity index (χ4n) is 4.16. The quantitative estimate of drug-likeness (QED) is 0.881. The Morgan fingerprint density at radius 2 is 1.73 bits per heavy atom. The maximum absolute atomic E-state index is 13.1. The molecule has 0 spiro atoms. The summed E-state index contributed by atoms with van der Waals surface area (Å²) in [7, 11) is 0. The van der Waals surface area contributed by atoms with Crippen LogP contribution in [0, 0.1) is 5.92 Å². The monoisotopic (exact) mass is 357 g/mol. The molecule has 0 atom stereocenters. The molecule has 2 aliphatic rings. The molecule has 2 amide bonds. The molecule has 5 heteroatoms. The smallest absolute Gasteiger partial charge is 0.253 e. The van der Waals surface area contributed by atoms with Crippen molar-refractivity contribution < 1.29 is 9.59 Å². The number of hydrogen-bond acceptors (Lipinski definition) is 3. The highest BCUT2D eigenvalue weighted by atomic mass is 16.2. The molecule has 5 nitrogen and oxygen atoms in total. The first-order valence-electron chi connectivity index (χ1n) is 10.1. The van der Waals surface area contributed by atoms with E-state index < -0.39 is 0 Å². The highest BCUT2D eigenvalue weighted by molar-refractivity contribution is 5.94. The molecule has 0 aliphatic carbocycles. The number of benzene rings is 1. The van der Waals surface area contributed by atoms with Crippen LogP contribution in [0.4, 0.5) is 0 Å². The molecule has 2 aliphatic heterocycles. The van der Waals surface area contributed by atoms with Gasteiger partial charge in [0.25, 0.3) is 5.91 Å². The van der Waals surface area contributed by atoms with Crippen molar-refractivity contribution in [3.63, 3.8) is 0 Å². The Labute approximate surface area is 156 Å². The third kappa shape index (κ3) is 4.44. The van der Waals surface area contributed by atoms with Crippen molar-refractivity contribution in [2.45, 2.75) is 45.1 Å². The lowest BCUT2D eigenvalue weighted by molar-refractivity contribution is -0.140. The number of nitrogens with one attached hydrogen (secondary N) is 1. The average molecular weight is 357 g/mol. The number of hydrogen-bond donors (Lipinski definition) is 1. The Morgan fingerprint density at radius 3 is 2.35 bits per heavy atom. The van der Waals surface area contributed by atoms with Gasteiger partial charge in [-0.05, 0) is 57.3 Å². The van der Waals surface area contributed by atoms with Crippen LogP contribution < -0.4 is 5.32 Å².